The summed E-state index contributed by atoms with van der Waals surface area (Å²) in [7, 11) is 5.30. The highest BCUT2D eigenvalue weighted by atomic mass is 35.5. The third kappa shape index (κ3) is 16.8. The molecule has 0 saturated carbocycles. The van der Waals surface area contributed by atoms with Crippen LogP contribution in [0.1, 0.15) is 101 Å². The third-order valence-electron chi connectivity index (χ3n) is 13.2. The van der Waals surface area contributed by atoms with Crippen LogP contribution in [0.25, 0.3) is 0 Å². The van der Waals surface area contributed by atoms with Gasteiger partial charge in [0.1, 0.15) is 23.9 Å². The first-order chi connectivity index (χ1) is 30.7. The maximum Gasteiger partial charge on any atom is 0.311 e. The van der Waals surface area contributed by atoms with Crippen molar-refractivity contribution in [2.75, 3.05) is 52.8 Å². The summed E-state index contributed by atoms with van der Waals surface area (Å²) in [5, 5.41) is 66.8. The van der Waals surface area contributed by atoms with Crippen LogP contribution in [-0.2, 0) is 33.2 Å². The van der Waals surface area contributed by atoms with Gasteiger partial charge in [0.15, 0.2) is 17.7 Å². The number of thiocarbonyl (C=S) groups is 1. The van der Waals surface area contributed by atoms with Gasteiger partial charge in [-0.05, 0) is 125 Å². The molecule has 1 aromatic rings. The van der Waals surface area contributed by atoms with Crippen LogP contribution in [0.5, 0.6) is 0 Å². The summed E-state index contributed by atoms with van der Waals surface area (Å²) in [5.41, 5.74) is -2.92. The number of cyclic esters (lactones) is 1. The summed E-state index contributed by atoms with van der Waals surface area (Å²) in [6, 6.07) is 4.07. The zero-order valence-corrected chi connectivity index (χ0v) is 43.7. The zero-order chi connectivity index (χ0) is 49.8. The lowest BCUT2D eigenvalue weighted by Crippen LogP contribution is -2.59. The summed E-state index contributed by atoms with van der Waals surface area (Å²) >= 11 is 17.9. The van der Waals surface area contributed by atoms with Crippen LogP contribution in [0.3, 0.4) is 0 Å². The topological polar surface area (TPSA) is 204 Å². The number of esters is 1. The smallest absolute Gasteiger partial charge is 0.311 e. The number of rotatable bonds is 17. The van der Waals surface area contributed by atoms with Gasteiger partial charge in [0.05, 0.1) is 48.6 Å². The van der Waals surface area contributed by atoms with Crippen LogP contribution in [0.2, 0.25) is 10.0 Å². The Morgan fingerprint density at radius 3 is 2.29 bits per heavy atom. The number of halogens is 2. The third-order valence-corrected chi connectivity index (χ3v) is 13.9. The monoisotopic (exact) mass is 997 g/mol. The van der Waals surface area contributed by atoms with E-state index < -0.39 is 90.4 Å². The normalized spacial score (nSPS) is 35.9. The van der Waals surface area contributed by atoms with Crippen molar-refractivity contribution in [2.45, 2.75) is 186 Å². The van der Waals surface area contributed by atoms with E-state index in [4.69, 9.17) is 63.8 Å². The molecule has 1 aromatic carbocycles. The predicted molar refractivity (Wildman–Crippen MR) is 261 cm³/mol. The number of methoxy groups -OCH3 is 1. The van der Waals surface area contributed by atoms with Gasteiger partial charge in [0.25, 0.3) is 0 Å². The molecule has 0 bridgehead atoms. The van der Waals surface area contributed by atoms with E-state index in [0.29, 0.717) is 53.3 Å². The highest BCUT2D eigenvalue weighted by Crippen LogP contribution is 2.38. The van der Waals surface area contributed by atoms with Crippen molar-refractivity contribution in [3.8, 4) is 0 Å². The molecule has 2 aliphatic rings. The van der Waals surface area contributed by atoms with E-state index in [1.54, 1.807) is 59.9 Å². The van der Waals surface area contributed by atoms with Crippen molar-refractivity contribution in [2.24, 2.45) is 17.8 Å². The Bertz CT molecular complexity index is 1630. The van der Waals surface area contributed by atoms with Crippen molar-refractivity contribution in [1.82, 2.24) is 15.1 Å². The molecule has 3 rings (SSSR count). The molecule has 0 aromatic heterocycles. The first-order valence-electron chi connectivity index (χ1n) is 23.4. The second kappa shape index (κ2) is 26.6. The lowest BCUT2D eigenvalue weighted by molar-refractivity contribution is -0.306. The Morgan fingerprint density at radius 1 is 1.08 bits per heavy atom. The number of anilines is 1. The molecule has 16 nitrogen and oxygen atoms in total. The largest absolute Gasteiger partial charge is 0.459 e. The van der Waals surface area contributed by atoms with Crippen molar-refractivity contribution in [1.29, 1.82) is 0 Å². The van der Waals surface area contributed by atoms with E-state index in [1.807, 2.05) is 46.7 Å². The molecule has 382 valence electrons. The Labute approximate surface area is 409 Å². The number of benzene rings is 1. The van der Waals surface area contributed by atoms with Gasteiger partial charge in [0.2, 0.25) is 0 Å². The summed E-state index contributed by atoms with van der Waals surface area (Å²) in [4.78, 5) is 18.5. The fraction of sp³-hybridized carbons (Fsp3) is 0.830. The minimum Gasteiger partial charge on any atom is -0.459 e. The average molecular weight is 998 g/mol. The summed E-state index contributed by atoms with van der Waals surface area (Å²) in [6.07, 6.45) is -8.11. The fourth-order valence-electron chi connectivity index (χ4n) is 9.33. The number of hydrogen-bond acceptors (Lipinski definition) is 15. The Hall–Kier alpha value is -1.52. The van der Waals surface area contributed by atoms with E-state index in [9.17, 15) is 30.3 Å². The SMILES string of the molecule is CC[C@H]1OC(=O)[C@H](C)[C@@H](O[C@@H](CCOC)O[C@@H](C)[C@@H](C)O)[C@H](C)[C@@H](O[C@@H]2O[C@H](C)C[C@H](N(C)C)[C@H]2O)[C@](C)(O)C[C@@H](C)CN(CCCNC(=S)Nc2cc(Cl)cc(Cl)c2)[C@H](C)[C@@H](O)[C@]1(C)O. The number of aliphatic hydroxyl groups is 5. The van der Waals surface area contributed by atoms with Crippen molar-refractivity contribution >= 4 is 52.2 Å². The van der Waals surface area contributed by atoms with Crippen LogP contribution in [-0.4, -0.2) is 179 Å². The predicted octanol–water partition coefficient (Wildman–Crippen LogP) is 5.20. The quantitative estimate of drug-likeness (QED) is 0.0464. The van der Waals surface area contributed by atoms with Crippen molar-refractivity contribution in [3.05, 3.63) is 28.2 Å². The summed E-state index contributed by atoms with van der Waals surface area (Å²) < 4.78 is 37.6. The van der Waals surface area contributed by atoms with Crippen LogP contribution in [0.15, 0.2) is 18.2 Å². The van der Waals surface area contributed by atoms with Gasteiger partial charge in [-0.2, -0.15) is 0 Å². The van der Waals surface area contributed by atoms with Gasteiger partial charge in [-0.1, -0.05) is 44.0 Å². The maximum absolute atomic E-state index is 14.5. The van der Waals surface area contributed by atoms with Gasteiger partial charge >= 0.3 is 5.97 Å². The minimum absolute atomic E-state index is 0.160. The second-order valence-corrected chi connectivity index (χ2v) is 20.8. The maximum atomic E-state index is 14.5. The van der Waals surface area contributed by atoms with E-state index in [1.165, 1.54) is 6.92 Å². The Kier molecular flexibility index (Phi) is 23.7. The van der Waals surface area contributed by atoms with E-state index in [-0.39, 0.29) is 43.9 Å². The number of nitrogens with zero attached hydrogens (tertiary/aromatic N) is 2. The number of hydrogen-bond donors (Lipinski definition) is 7. The average Bonchev–Trinajstić information content (AvgIpc) is 3.22. The molecular formula is C47H82Cl2N4O12S. The van der Waals surface area contributed by atoms with Crippen LogP contribution >= 0.6 is 35.4 Å². The van der Waals surface area contributed by atoms with E-state index in [0.717, 1.165) is 0 Å². The highest BCUT2D eigenvalue weighted by molar-refractivity contribution is 7.80. The van der Waals surface area contributed by atoms with Gasteiger partial charge in [-0.15, -0.1) is 0 Å². The molecule has 66 heavy (non-hydrogen) atoms. The highest BCUT2D eigenvalue weighted by Gasteiger charge is 2.51. The summed E-state index contributed by atoms with van der Waals surface area (Å²) in [6.45, 7) is 18.9. The Morgan fingerprint density at radius 2 is 1.71 bits per heavy atom. The van der Waals surface area contributed by atoms with Gasteiger partial charge in [-0.3, -0.25) is 9.69 Å². The first-order valence-corrected chi connectivity index (χ1v) is 24.6. The molecule has 2 saturated heterocycles. The lowest BCUT2D eigenvalue weighted by atomic mass is 9.77. The molecular weight excluding hydrogens is 916 g/mol. The number of aliphatic hydroxyl groups excluding tert-OH is 3. The van der Waals surface area contributed by atoms with Crippen LogP contribution < -0.4 is 10.6 Å². The van der Waals surface area contributed by atoms with E-state index >= 15 is 0 Å². The zero-order valence-electron chi connectivity index (χ0n) is 41.4. The van der Waals surface area contributed by atoms with E-state index in [2.05, 4.69) is 15.5 Å². The molecule has 0 spiro atoms. The molecule has 7 N–H and O–H groups in total. The van der Waals surface area contributed by atoms with Crippen LogP contribution in [0.4, 0.5) is 5.69 Å². The number of ether oxygens (including phenoxy) is 6. The molecule has 2 aliphatic heterocycles. The molecule has 17 atom stereocenters. The van der Waals surface area contributed by atoms with Crippen molar-refractivity contribution < 1.29 is 58.7 Å². The summed E-state index contributed by atoms with van der Waals surface area (Å²) in [5.74, 6) is -2.85. The fourth-order valence-corrected chi connectivity index (χ4v) is 10.1. The number of nitrogens with one attached hydrogen (secondary N) is 2. The molecule has 0 aliphatic carbocycles. The number of carbonyl (C=O) groups is 1. The first kappa shape index (κ1) is 58.8. The second-order valence-electron chi connectivity index (χ2n) is 19.5. The number of carbonyl (C=O) groups excluding carboxylic acids is 1. The molecule has 0 amide bonds. The van der Waals surface area contributed by atoms with Gasteiger partial charge in [-0.25, -0.2) is 0 Å². The molecule has 19 heteroatoms. The standard InChI is InChI=1S/C47H82Cl2N4O12S/c1-14-37-47(10,59)41(56)30(6)53(18-15-17-50-45(66)51-35-22-33(48)21-34(49)23-35)25-26(2)24-46(9,58)42(65-44-39(55)36(52(11)12)20-27(3)61-44)28(4)40(29(5)43(57)63-37)64-38(16-19-60-13)62-32(8)31(7)54/h21-23,26-32,36-42,44,54-56,58-59H,14-20,24-25H2,1-13H3,(H2,50,51,66)/t26-,27-,28+,29-,30-,31-,32+,36+,37-,38+,39-,40+,41-,42-,44+,46-,47-/m1/s1. The van der Waals surface area contributed by atoms with Crippen LogP contribution in [0, 0.1) is 17.8 Å². The lowest BCUT2D eigenvalue weighted by Gasteiger charge is -2.47. The minimum atomic E-state index is -1.91. The Balaban J connectivity index is 2.10. The molecule has 2 heterocycles. The van der Waals surface area contributed by atoms with Crippen molar-refractivity contribution in [3.63, 3.8) is 0 Å². The molecule has 0 radical (unpaired) electrons. The molecule has 0 unspecified atom stereocenters. The van der Waals surface area contributed by atoms with Gasteiger partial charge in [0, 0.05) is 66.9 Å². The number of likely N-dealkylation sites (N-methyl/N-ethyl adjacent to an activating group) is 1. The molecule has 2 fully saturated rings. The van der Waals surface area contributed by atoms with Gasteiger partial charge < -0.3 is 69.5 Å².